The Balaban J connectivity index is 1.53. The summed E-state index contributed by atoms with van der Waals surface area (Å²) in [6.45, 7) is 16.7. The van der Waals surface area contributed by atoms with Crippen LogP contribution >= 0.6 is 0 Å². The minimum atomic E-state index is -2.43. The van der Waals surface area contributed by atoms with Crippen LogP contribution in [0.1, 0.15) is 64.5 Å². The topological polar surface area (TPSA) is 123 Å². The number of hydrogen-bond donors (Lipinski definition) is 3. The van der Waals surface area contributed by atoms with E-state index in [1.54, 1.807) is 24.7 Å². The average molecular weight is 693 g/mol. The highest BCUT2D eigenvalue weighted by Gasteiger charge is 2.53. The van der Waals surface area contributed by atoms with Crippen LogP contribution in [0.25, 0.3) is 11.2 Å². The number of H-pyrrole nitrogens is 1. The van der Waals surface area contributed by atoms with E-state index in [0.717, 1.165) is 16.7 Å². The predicted octanol–water partition coefficient (Wildman–Crippen LogP) is 6.97. The fraction of sp³-hybridized carbons (Fsp3) is 0.385. The second-order valence-electron chi connectivity index (χ2n) is 15.0. The van der Waals surface area contributed by atoms with E-state index in [1.165, 1.54) is 0 Å². The van der Waals surface area contributed by atoms with Crippen molar-refractivity contribution in [3.63, 3.8) is 0 Å². The summed E-state index contributed by atoms with van der Waals surface area (Å²) in [6.07, 6.45) is 0.0321. The van der Waals surface area contributed by atoms with Gasteiger partial charge < -0.3 is 9.16 Å². The standard InChI is InChI=1S/C39H48N6O4Si/c1-25(2)34(46)42-37-41-33-31(35(47)43-37)40-24-45(33)36-32(49-50(7,8)38(4,5)6)30(26(3)48-36)44-39(27-18-12-9-13-19-27,28-20-14-10-15-21-28)29-22-16-11-17-23-29/h9-26,30,32,36,44H,1-8H3,(H2,41,42,43,46,47)/t26-,30?,32-,36-/m1/s1. The van der Waals surface area contributed by atoms with Crippen molar-refractivity contribution in [2.45, 2.75) is 89.7 Å². The zero-order valence-corrected chi connectivity index (χ0v) is 31.1. The largest absolute Gasteiger partial charge is 0.408 e. The fourth-order valence-corrected chi connectivity index (χ4v) is 7.69. The van der Waals surface area contributed by atoms with Gasteiger partial charge in [-0.3, -0.25) is 29.8 Å². The Morgan fingerprint density at radius 2 is 1.44 bits per heavy atom. The number of imidazole rings is 1. The Kier molecular flexibility index (Phi) is 9.71. The van der Waals surface area contributed by atoms with Crippen LogP contribution in [-0.2, 0) is 19.5 Å². The van der Waals surface area contributed by atoms with Crippen LogP contribution < -0.4 is 16.2 Å². The molecule has 3 N–H and O–H groups in total. The number of aromatic amines is 1. The van der Waals surface area contributed by atoms with Gasteiger partial charge in [-0.2, -0.15) is 4.98 Å². The van der Waals surface area contributed by atoms with Crippen molar-refractivity contribution in [1.29, 1.82) is 0 Å². The molecule has 5 aromatic rings. The maximum Gasteiger partial charge on any atom is 0.280 e. The molecule has 10 nitrogen and oxygen atoms in total. The molecule has 0 spiro atoms. The summed E-state index contributed by atoms with van der Waals surface area (Å²) < 4.78 is 16.0. The summed E-state index contributed by atoms with van der Waals surface area (Å²) in [5.74, 6) is -0.498. The number of aromatic nitrogens is 4. The number of carbonyl (C=O) groups excluding carboxylic acids is 1. The van der Waals surface area contributed by atoms with Crippen LogP contribution in [0.15, 0.2) is 102 Å². The number of amides is 1. The first-order valence-corrected chi connectivity index (χ1v) is 20.2. The van der Waals surface area contributed by atoms with Gasteiger partial charge in [0.15, 0.2) is 25.7 Å². The number of nitrogens with one attached hydrogen (secondary N) is 3. The van der Waals surface area contributed by atoms with E-state index in [9.17, 15) is 9.59 Å². The SMILES string of the molecule is CC(C)C(=O)Nc1nc2c(ncn2[C@@H]2O[C@H](C)C(NC(c3ccccc3)(c3ccccc3)c3ccccc3)[C@H]2O[Si](C)(C)C(C)(C)C)c(=O)[nH]1. The molecule has 4 atom stereocenters. The first-order chi connectivity index (χ1) is 23.7. The van der Waals surface area contributed by atoms with Gasteiger partial charge >= 0.3 is 0 Å². The second-order valence-corrected chi connectivity index (χ2v) is 19.7. The van der Waals surface area contributed by atoms with Gasteiger partial charge in [0.05, 0.1) is 24.0 Å². The average Bonchev–Trinajstić information content (AvgIpc) is 3.64. The minimum absolute atomic E-state index is 0.0572. The fourth-order valence-electron chi connectivity index (χ4n) is 6.40. The number of fused-ring (bicyclic) bond motifs is 1. The third-order valence-corrected chi connectivity index (χ3v) is 14.7. The summed E-state index contributed by atoms with van der Waals surface area (Å²) in [5.41, 5.74) is 2.44. The van der Waals surface area contributed by atoms with Gasteiger partial charge in [-0.25, -0.2) is 4.98 Å². The number of hydrogen-bond acceptors (Lipinski definition) is 7. The van der Waals surface area contributed by atoms with Crippen molar-refractivity contribution in [1.82, 2.24) is 24.8 Å². The molecule has 50 heavy (non-hydrogen) atoms. The van der Waals surface area contributed by atoms with Crippen molar-refractivity contribution in [2.24, 2.45) is 5.92 Å². The van der Waals surface area contributed by atoms with Crippen molar-refractivity contribution in [2.75, 3.05) is 5.32 Å². The molecule has 1 aliphatic rings. The molecule has 11 heteroatoms. The van der Waals surface area contributed by atoms with Crippen molar-refractivity contribution in [3.05, 3.63) is 124 Å². The molecule has 2 aromatic heterocycles. The lowest BCUT2D eigenvalue weighted by Crippen LogP contribution is -2.58. The maximum atomic E-state index is 13.2. The molecule has 0 bridgehead atoms. The van der Waals surface area contributed by atoms with Crippen LogP contribution in [-0.4, -0.2) is 52.0 Å². The lowest BCUT2D eigenvalue weighted by Gasteiger charge is -2.44. The van der Waals surface area contributed by atoms with E-state index >= 15 is 0 Å². The van der Waals surface area contributed by atoms with Crippen molar-refractivity contribution in [3.8, 4) is 0 Å². The molecule has 262 valence electrons. The molecule has 1 fully saturated rings. The Morgan fingerprint density at radius 3 is 1.92 bits per heavy atom. The van der Waals surface area contributed by atoms with Crippen LogP contribution in [0.5, 0.6) is 0 Å². The van der Waals surface area contributed by atoms with E-state index in [2.05, 4.69) is 139 Å². The van der Waals surface area contributed by atoms with E-state index in [-0.39, 0.29) is 40.5 Å². The molecule has 6 rings (SSSR count). The minimum Gasteiger partial charge on any atom is -0.408 e. The van der Waals surface area contributed by atoms with Crippen LogP contribution in [0.4, 0.5) is 5.95 Å². The summed E-state index contributed by atoms with van der Waals surface area (Å²) in [5, 5.41) is 6.77. The smallest absolute Gasteiger partial charge is 0.280 e. The van der Waals surface area contributed by atoms with E-state index in [4.69, 9.17) is 9.16 Å². The van der Waals surface area contributed by atoms with E-state index in [0.29, 0.717) is 5.65 Å². The highest BCUT2D eigenvalue weighted by atomic mass is 28.4. The van der Waals surface area contributed by atoms with Gasteiger partial charge in [0.25, 0.3) is 5.56 Å². The summed E-state index contributed by atoms with van der Waals surface area (Å²) in [6, 6.07) is 31.1. The van der Waals surface area contributed by atoms with Crippen LogP contribution in [0.3, 0.4) is 0 Å². The van der Waals surface area contributed by atoms with Gasteiger partial charge in [-0.15, -0.1) is 0 Å². The van der Waals surface area contributed by atoms with Crippen molar-refractivity contribution >= 4 is 31.3 Å². The lowest BCUT2D eigenvalue weighted by molar-refractivity contribution is -0.118. The highest BCUT2D eigenvalue weighted by molar-refractivity contribution is 6.74. The van der Waals surface area contributed by atoms with Gasteiger partial charge in [0.1, 0.15) is 6.10 Å². The number of ether oxygens (including phenoxy) is 1. The van der Waals surface area contributed by atoms with Gasteiger partial charge in [0.2, 0.25) is 11.9 Å². The second kappa shape index (κ2) is 13.7. The number of nitrogens with zero attached hydrogens (tertiary/aromatic N) is 3. The molecule has 0 aliphatic carbocycles. The third-order valence-electron chi connectivity index (χ3n) is 10.2. The zero-order valence-electron chi connectivity index (χ0n) is 30.1. The predicted molar refractivity (Wildman–Crippen MR) is 199 cm³/mol. The summed E-state index contributed by atoms with van der Waals surface area (Å²) >= 11 is 0. The van der Waals surface area contributed by atoms with Gasteiger partial charge in [-0.05, 0) is 41.7 Å². The molecule has 3 heterocycles. The van der Waals surface area contributed by atoms with Gasteiger partial charge in [-0.1, -0.05) is 126 Å². The van der Waals surface area contributed by atoms with Crippen molar-refractivity contribution < 1.29 is 14.0 Å². The molecular weight excluding hydrogens is 645 g/mol. The van der Waals surface area contributed by atoms with E-state index in [1.807, 2.05) is 18.2 Å². The molecule has 0 saturated carbocycles. The first kappa shape index (κ1) is 35.4. The summed E-state index contributed by atoms with van der Waals surface area (Å²) in [7, 11) is -2.43. The van der Waals surface area contributed by atoms with Crippen LogP contribution in [0, 0.1) is 5.92 Å². The molecule has 1 aliphatic heterocycles. The third kappa shape index (κ3) is 6.58. The zero-order chi connectivity index (χ0) is 35.8. The quantitative estimate of drug-likeness (QED) is 0.107. The molecule has 1 amide bonds. The normalized spacial score (nSPS) is 20.0. The number of carbonyl (C=O) groups is 1. The molecule has 1 saturated heterocycles. The van der Waals surface area contributed by atoms with E-state index < -0.39 is 31.7 Å². The molecule has 1 unspecified atom stereocenters. The number of rotatable bonds is 10. The summed E-state index contributed by atoms with van der Waals surface area (Å²) in [4.78, 5) is 37.6. The maximum absolute atomic E-state index is 13.2. The Morgan fingerprint density at radius 1 is 0.920 bits per heavy atom. The highest BCUT2D eigenvalue weighted by Crippen LogP contribution is 2.45. The number of benzene rings is 3. The Labute approximate surface area is 294 Å². The van der Waals surface area contributed by atoms with Gasteiger partial charge in [0, 0.05) is 5.92 Å². The molecule has 3 aromatic carbocycles. The first-order valence-electron chi connectivity index (χ1n) is 17.3. The number of anilines is 1. The Hall–Kier alpha value is -4.42. The van der Waals surface area contributed by atoms with Crippen LogP contribution in [0.2, 0.25) is 18.1 Å². The Bertz CT molecular complexity index is 1890. The monoisotopic (exact) mass is 692 g/mol. The molecule has 0 radical (unpaired) electrons. The lowest BCUT2D eigenvalue weighted by atomic mass is 9.76. The molecular formula is C39H48N6O4Si.